The van der Waals surface area contributed by atoms with Gasteiger partial charge in [-0.1, -0.05) is 30.3 Å². The summed E-state index contributed by atoms with van der Waals surface area (Å²) >= 11 is 0. The molecule has 0 aliphatic rings. The van der Waals surface area contributed by atoms with Crippen LogP contribution < -0.4 is 21.1 Å². The molecule has 0 saturated heterocycles. The summed E-state index contributed by atoms with van der Waals surface area (Å²) in [7, 11) is 5.64. The number of nitrogens with zero attached hydrogens (tertiary/aromatic N) is 1. The van der Waals surface area contributed by atoms with Gasteiger partial charge in [0.25, 0.3) is 0 Å². The molecule has 156 valence electrons. The largest absolute Gasteiger partial charge is 0.497 e. The van der Waals surface area contributed by atoms with Crippen molar-refractivity contribution in [1.29, 1.82) is 5.41 Å². The predicted octanol–water partition coefficient (Wildman–Crippen LogP) is 2.42. The number of anilines is 1. The number of allylic oxidation sites excluding steroid dienone is 1. The Hall–Kier alpha value is -3.16. The third kappa shape index (κ3) is 10.1. The molecule has 0 aromatic heterocycles. The molecule has 0 saturated carbocycles. The number of hydrogen-bond donors (Lipinski definition) is 4. The Morgan fingerprint density at radius 1 is 1.14 bits per heavy atom. The molecule has 2 rings (SSSR count). The molecule has 0 aliphatic carbocycles. The molecular formula is C22H31N5O2. The lowest BCUT2D eigenvalue weighted by Gasteiger charge is -2.10. The second-order valence-corrected chi connectivity index (χ2v) is 6.39. The second kappa shape index (κ2) is 13.9. The second-order valence-electron chi connectivity index (χ2n) is 6.39. The first kappa shape index (κ1) is 23.9. The van der Waals surface area contributed by atoms with Gasteiger partial charge in [0.2, 0.25) is 5.91 Å². The van der Waals surface area contributed by atoms with Crippen LogP contribution >= 0.6 is 0 Å². The Bertz CT molecular complexity index is 759. The van der Waals surface area contributed by atoms with E-state index in [1.165, 1.54) is 12.4 Å². The number of carbonyl (C=O) groups excluding carboxylic acids is 1. The number of amides is 1. The first-order chi connectivity index (χ1) is 14.0. The minimum absolute atomic E-state index is 0.0804. The van der Waals surface area contributed by atoms with Crippen molar-refractivity contribution in [1.82, 2.24) is 10.2 Å². The zero-order chi connectivity index (χ0) is 21.5. The van der Waals surface area contributed by atoms with Crippen molar-refractivity contribution >= 4 is 23.4 Å². The van der Waals surface area contributed by atoms with E-state index >= 15 is 0 Å². The molecule has 0 radical (unpaired) electrons. The average molecular weight is 398 g/mol. The van der Waals surface area contributed by atoms with Crippen LogP contribution in [-0.2, 0) is 4.79 Å². The van der Waals surface area contributed by atoms with Crippen molar-refractivity contribution in [3.63, 3.8) is 0 Å². The minimum atomic E-state index is -0.0804. The summed E-state index contributed by atoms with van der Waals surface area (Å²) < 4.78 is 4.91. The van der Waals surface area contributed by atoms with E-state index in [1.54, 1.807) is 19.2 Å². The summed E-state index contributed by atoms with van der Waals surface area (Å²) in [6, 6.07) is 16.9. The first-order valence-electron chi connectivity index (χ1n) is 9.27. The molecular weight excluding hydrogens is 366 g/mol. The van der Waals surface area contributed by atoms with E-state index in [9.17, 15) is 4.79 Å². The maximum absolute atomic E-state index is 11.7. The summed E-state index contributed by atoms with van der Waals surface area (Å²) in [5.74, 6) is 0.829. The Kier molecular flexibility index (Phi) is 11.5. The first-order valence-corrected chi connectivity index (χ1v) is 9.27. The van der Waals surface area contributed by atoms with Gasteiger partial charge in [-0.05, 0) is 43.9 Å². The fourth-order valence-electron chi connectivity index (χ4n) is 2.24. The van der Waals surface area contributed by atoms with Crippen LogP contribution in [0.1, 0.15) is 5.56 Å². The molecule has 0 aliphatic heterocycles. The van der Waals surface area contributed by atoms with Gasteiger partial charge in [-0.2, -0.15) is 0 Å². The lowest BCUT2D eigenvalue weighted by atomic mass is 10.1. The fraction of sp³-hybridized carbons (Fsp3) is 0.273. The van der Waals surface area contributed by atoms with E-state index in [0.29, 0.717) is 5.57 Å². The van der Waals surface area contributed by atoms with Gasteiger partial charge in [-0.25, -0.2) is 0 Å². The summed E-state index contributed by atoms with van der Waals surface area (Å²) in [6.07, 6.45) is 2.58. The summed E-state index contributed by atoms with van der Waals surface area (Å²) in [4.78, 5) is 13.8. The number of nitrogens with one attached hydrogen (secondary N) is 3. The van der Waals surface area contributed by atoms with Crippen molar-refractivity contribution < 1.29 is 9.53 Å². The molecule has 0 atom stereocenters. The van der Waals surface area contributed by atoms with E-state index in [1.807, 2.05) is 56.6 Å². The van der Waals surface area contributed by atoms with E-state index in [4.69, 9.17) is 15.9 Å². The van der Waals surface area contributed by atoms with Crippen LogP contribution in [0.25, 0.3) is 5.57 Å². The summed E-state index contributed by atoms with van der Waals surface area (Å²) in [5, 5.41) is 13.1. The highest BCUT2D eigenvalue weighted by Gasteiger charge is 2.03. The van der Waals surface area contributed by atoms with Gasteiger partial charge in [0, 0.05) is 36.8 Å². The van der Waals surface area contributed by atoms with Crippen LogP contribution in [0.15, 0.2) is 60.8 Å². The Balaban J connectivity index is 0.000000436. The van der Waals surface area contributed by atoms with E-state index in [0.717, 1.165) is 30.1 Å². The Labute approximate surface area is 173 Å². The van der Waals surface area contributed by atoms with Gasteiger partial charge < -0.3 is 31.4 Å². The molecule has 0 bridgehead atoms. The van der Waals surface area contributed by atoms with Gasteiger partial charge in [-0.3, -0.25) is 4.79 Å². The molecule has 0 fully saturated rings. The number of nitrogens with two attached hydrogens (primary N) is 1. The van der Waals surface area contributed by atoms with E-state index in [2.05, 4.69) is 15.5 Å². The normalized spacial score (nSPS) is 10.7. The van der Waals surface area contributed by atoms with Crippen LogP contribution in [0, 0.1) is 5.41 Å². The zero-order valence-electron chi connectivity index (χ0n) is 17.3. The number of methoxy groups -OCH3 is 1. The SMILES string of the molecule is CN(C)CCNCC(=O)Nc1ccc(/C(C=N)=C/N)cc1.COc1ccccc1. The summed E-state index contributed by atoms with van der Waals surface area (Å²) in [6.45, 7) is 1.94. The van der Waals surface area contributed by atoms with Gasteiger partial charge in [0.05, 0.1) is 13.7 Å². The number of hydrogen-bond acceptors (Lipinski definition) is 6. The molecule has 29 heavy (non-hydrogen) atoms. The molecule has 2 aromatic rings. The number of likely N-dealkylation sites (N-methyl/N-ethyl adjacent to an activating group) is 1. The van der Waals surface area contributed by atoms with Crippen molar-refractivity contribution in [2.75, 3.05) is 46.2 Å². The van der Waals surface area contributed by atoms with Crippen LogP contribution in [0.4, 0.5) is 5.69 Å². The molecule has 0 heterocycles. The van der Waals surface area contributed by atoms with Crippen molar-refractivity contribution in [3.05, 3.63) is 66.4 Å². The maximum atomic E-state index is 11.7. The van der Waals surface area contributed by atoms with Gasteiger partial charge in [-0.15, -0.1) is 0 Å². The third-order valence-electron chi connectivity index (χ3n) is 3.84. The highest BCUT2D eigenvalue weighted by atomic mass is 16.5. The molecule has 7 nitrogen and oxygen atoms in total. The monoisotopic (exact) mass is 397 g/mol. The topological polar surface area (TPSA) is 103 Å². The van der Waals surface area contributed by atoms with Crippen molar-refractivity contribution in [2.45, 2.75) is 0 Å². The zero-order valence-corrected chi connectivity index (χ0v) is 17.3. The van der Waals surface area contributed by atoms with Crippen LogP contribution in [0.5, 0.6) is 5.75 Å². The third-order valence-corrected chi connectivity index (χ3v) is 3.84. The van der Waals surface area contributed by atoms with Crippen molar-refractivity contribution in [3.8, 4) is 5.75 Å². The Morgan fingerprint density at radius 2 is 1.79 bits per heavy atom. The standard InChI is InChI=1S/C15H23N5O.C7H8O/c1-20(2)8-7-18-11-15(21)19-14-5-3-12(4-6-14)13(9-16)10-17;1-8-7-5-3-2-4-6-7/h3-6,9-10,16,18H,7-8,11,17H2,1-2H3,(H,19,21);2-6H,1H3/b13-10+,16-9?;. The lowest BCUT2D eigenvalue weighted by Crippen LogP contribution is -2.33. The predicted molar refractivity (Wildman–Crippen MR) is 120 cm³/mol. The highest BCUT2D eigenvalue weighted by molar-refractivity contribution is 6.08. The molecule has 2 aromatic carbocycles. The molecule has 5 N–H and O–H groups in total. The smallest absolute Gasteiger partial charge is 0.238 e. The molecule has 0 unspecified atom stereocenters. The fourth-order valence-corrected chi connectivity index (χ4v) is 2.24. The Morgan fingerprint density at radius 3 is 2.28 bits per heavy atom. The number of ether oxygens (including phenoxy) is 1. The van der Waals surface area contributed by atoms with E-state index in [-0.39, 0.29) is 12.5 Å². The maximum Gasteiger partial charge on any atom is 0.238 e. The molecule has 0 spiro atoms. The van der Waals surface area contributed by atoms with Gasteiger partial charge >= 0.3 is 0 Å². The molecule has 1 amide bonds. The van der Waals surface area contributed by atoms with Crippen LogP contribution in [0.2, 0.25) is 0 Å². The van der Waals surface area contributed by atoms with Crippen molar-refractivity contribution in [2.24, 2.45) is 5.73 Å². The lowest BCUT2D eigenvalue weighted by molar-refractivity contribution is -0.115. The minimum Gasteiger partial charge on any atom is -0.497 e. The highest BCUT2D eigenvalue weighted by Crippen LogP contribution is 2.15. The van der Waals surface area contributed by atoms with Crippen LogP contribution in [0.3, 0.4) is 0 Å². The van der Waals surface area contributed by atoms with Gasteiger partial charge in [0.15, 0.2) is 0 Å². The molecule has 7 heteroatoms. The number of benzene rings is 2. The number of para-hydroxylation sites is 1. The number of rotatable bonds is 9. The number of carbonyl (C=O) groups is 1. The van der Waals surface area contributed by atoms with Gasteiger partial charge in [0.1, 0.15) is 5.75 Å². The van der Waals surface area contributed by atoms with Crippen LogP contribution in [-0.4, -0.2) is 57.9 Å². The quantitative estimate of drug-likeness (QED) is 0.384. The summed E-state index contributed by atoms with van der Waals surface area (Å²) in [5.41, 5.74) is 7.63. The average Bonchev–Trinajstić information content (AvgIpc) is 2.74. The van der Waals surface area contributed by atoms with E-state index < -0.39 is 0 Å².